The normalized spacial score (nSPS) is 13.1. The molecule has 1 nitrogen and oxygen atoms in total. The van der Waals surface area contributed by atoms with Crippen molar-refractivity contribution in [2.45, 2.75) is 55.4 Å². The van der Waals surface area contributed by atoms with Gasteiger partial charge in [0, 0.05) is 16.5 Å². The first kappa shape index (κ1) is 45.8. The van der Waals surface area contributed by atoms with Crippen LogP contribution in [0.3, 0.4) is 0 Å². The van der Waals surface area contributed by atoms with Crippen molar-refractivity contribution in [1.82, 2.24) is 0 Å². The lowest BCUT2D eigenvalue weighted by molar-refractivity contribution is 1.39. The topological polar surface area (TPSA) is 12.4 Å². The first-order chi connectivity index (χ1) is 27.2. The molecule has 0 N–H and O–H groups in total. The highest BCUT2D eigenvalue weighted by Gasteiger charge is 2.11. The van der Waals surface area contributed by atoms with Gasteiger partial charge in [-0.1, -0.05) is 188 Å². The van der Waals surface area contributed by atoms with Gasteiger partial charge < -0.3 is 0 Å². The van der Waals surface area contributed by atoms with E-state index in [0.717, 1.165) is 70.9 Å². The molecule has 0 aliphatic rings. The molecule has 0 amide bonds. The van der Waals surface area contributed by atoms with Crippen LogP contribution in [-0.4, -0.2) is 5.71 Å². The average Bonchev–Trinajstić information content (AvgIpc) is 3.25. The van der Waals surface area contributed by atoms with Gasteiger partial charge in [-0.25, -0.2) is 0 Å². The standard InChI is InChI=1S/C49H45N.2C2H6.C2H4/c1-9-12-22-39(11-3)38(8)50-49(47-25-17-14-21-35(47)5)42-29-27-40(28-30-42)45-32-43(36(6)46-24-16-13-20-34(46)4)31-44(33-45)37(7)48-26-18-15-23-41(48)19-10-2;3*1-2/h9-33H,1-2,4-5H2,3,6-8H3;2*1-2H3;1-2H2/b22-12-,39-11+,41-19-,46-36+,48-37+,49-47-,50-38+;;;. The number of allylic oxidation sites excluding steroid dienone is 6. The highest BCUT2D eigenvalue weighted by Crippen LogP contribution is 2.29. The van der Waals surface area contributed by atoms with Gasteiger partial charge in [-0.05, 0) is 111 Å². The largest absolute Gasteiger partial charge is 0.252 e. The van der Waals surface area contributed by atoms with Crippen molar-refractivity contribution in [2.75, 3.05) is 0 Å². The zero-order chi connectivity index (χ0) is 41.6. The average molecular weight is 736 g/mol. The molecule has 0 radical (unpaired) electrons. The van der Waals surface area contributed by atoms with E-state index in [1.165, 1.54) is 16.4 Å². The molecular weight excluding hydrogens is 675 g/mol. The lowest BCUT2D eigenvalue weighted by Gasteiger charge is -2.13. The van der Waals surface area contributed by atoms with Crippen LogP contribution in [0, 0.1) is 0 Å². The smallest absolute Gasteiger partial charge is 0.0783 e. The molecule has 0 heterocycles. The van der Waals surface area contributed by atoms with E-state index in [9.17, 15) is 0 Å². The maximum Gasteiger partial charge on any atom is 0.0783 e. The fourth-order valence-corrected chi connectivity index (χ4v) is 6.22. The van der Waals surface area contributed by atoms with Crippen molar-refractivity contribution in [1.29, 1.82) is 0 Å². The maximum atomic E-state index is 5.19. The summed E-state index contributed by atoms with van der Waals surface area (Å²) in [7, 11) is 0. The van der Waals surface area contributed by atoms with Crippen LogP contribution in [0.2, 0.25) is 0 Å². The third kappa shape index (κ3) is 11.8. The summed E-state index contributed by atoms with van der Waals surface area (Å²) >= 11 is 0. The molecule has 0 unspecified atom stereocenters. The van der Waals surface area contributed by atoms with E-state index >= 15 is 0 Å². The second-order valence-corrected chi connectivity index (χ2v) is 12.3. The minimum Gasteiger partial charge on any atom is -0.252 e. The monoisotopic (exact) mass is 735 g/mol. The third-order valence-corrected chi connectivity index (χ3v) is 9.07. The predicted molar refractivity (Wildman–Crippen MR) is 254 cm³/mol. The fraction of sp³-hybridized carbons (Fsp3) is 0.145. The Morgan fingerprint density at radius 1 is 0.554 bits per heavy atom. The van der Waals surface area contributed by atoms with Gasteiger partial charge in [0.05, 0.1) is 5.70 Å². The van der Waals surface area contributed by atoms with E-state index in [-0.39, 0.29) is 0 Å². The second kappa shape index (κ2) is 24.2. The third-order valence-electron chi connectivity index (χ3n) is 9.07. The minimum atomic E-state index is 0.885. The van der Waals surface area contributed by atoms with E-state index in [1.807, 2.05) is 84.0 Å². The number of rotatable bonds is 9. The van der Waals surface area contributed by atoms with Crippen LogP contribution in [0.4, 0.5) is 0 Å². The number of nitrogens with zero attached hydrogens (tertiary/aromatic N) is 1. The predicted octanol–water partition coefficient (Wildman–Crippen LogP) is 10.7. The Morgan fingerprint density at radius 2 is 1.05 bits per heavy atom. The summed E-state index contributed by atoms with van der Waals surface area (Å²) in [4.78, 5) is 5.19. The van der Waals surface area contributed by atoms with Crippen LogP contribution in [0.25, 0.3) is 47.2 Å². The number of hydrogen-bond donors (Lipinski definition) is 0. The molecule has 1 heteroatoms. The molecule has 5 aromatic carbocycles. The van der Waals surface area contributed by atoms with Gasteiger partial charge >= 0.3 is 0 Å². The van der Waals surface area contributed by atoms with Crippen LogP contribution >= 0.6 is 0 Å². The number of aliphatic imine (C=N–C) groups is 1. The van der Waals surface area contributed by atoms with Gasteiger partial charge in [0.2, 0.25) is 0 Å². The Morgan fingerprint density at radius 3 is 1.57 bits per heavy atom. The second-order valence-electron chi connectivity index (χ2n) is 12.3. The summed E-state index contributed by atoms with van der Waals surface area (Å²) in [5.41, 5.74) is 10.8. The Hall–Kier alpha value is -6.31. The first-order valence-corrected chi connectivity index (χ1v) is 19.4. The summed E-state index contributed by atoms with van der Waals surface area (Å²) in [5, 5.41) is 6.42. The van der Waals surface area contributed by atoms with Crippen molar-refractivity contribution in [2.24, 2.45) is 4.99 Å². The summed E-state index contributed by atoms with van der Waals surface area (Å²) in [6.45, 7) is 38.9. The lowest BCUT2D eigenvalue weighted by atomic mass is 9.91. The maximum absolute atomic E-state index is 5.19. The van der Waals surface area contributed by atoms with Crippen LogP contribution in [0.15, 0.2) is 183 Å². The Bertz CT molecular complexity index is 2540. The molecule has 0 aromatic heterocycles. The highest BCUT2D eigenvalue weighted by molar-refractivity contribution is 6.03. The Labute approximate surface area is 337 Å². The van der Waals surface area contributed by atoms with Crippen LogP contribution < -0.4 is 31.3 Å². The summed E-state index contributed by atoms with van der Waals surface area (Å²) < 4.78 is 0. The van der Waals surface area contributed by atoms with Crippen molar-refractivity contribution < 1.29 is 0 Å². The zero-order valence-corrected chi connectivity index (χ0v) is 35.1. The SMILES string of the molecule is C=C.C=C\C=C/C(=C\C)C(/C)=N/C(c1ccc(-c2cc(/C(C)=c3\ccccc3=C)cc(/C(C)=c3\cccc\c3=C\C=C)c2)cc1)=c1/ccccc1=C.CC.CC. The Kier molecular flexibility index (Phi) is 19.8. The molecule has 0 saturated carbocycles. The fourth-order valence-electron chi connectivity index (χ4n) is 6.22. The van der Waals surface area contributed by atoms with Gasteiger partial charge in [0.1, 0.15) is 0 Å². The number of hydrogen-bond acceptors (Lipinski definition) is 1. The van der Waals surface area contributed by atoms with E-state index < -0.39 is 0 Å². The highest BCUT2D eigenvalue weighted by atomic mass is 14.8. The van der Waals surface area contributed by atoms with Crippen LogP contribution in [0.5, 0.6) is 0 Å². The molecule has 0 aliphatic carbocycles. The van der Waals surface area contributed by atoms with Gasteiger partial charge in [-0.15, -0.1) is 13.2 Å². The molecule has 0 spiro atoms. The molecule has 5 aromatic rings. The molecule has 56 heavy (non-hydrogen) atoms. The number of benzene rings is 5. The summed E-state index contributed by atoms with van der Waals surface area (Å²) in [6.07, 6.45) is 11.7. The van der Waals surface area contributed by atoms with E-state index in [2.05, 4.69) is 156 Å². The molecule has 0 saturated heterocycles. The van der Waals surface area contributed by atoms with Gasteiger partial charge in [0.15, 0.2) is 0 Å². The van der Waals surface area contributed by atoms with Crippen molar-refractivity contribution in [3.63, 3.8) is 0 Å². The molecule has 0 fully saturated rings. The van der Waals surface area contributed by atoms with E-state index in [0.29, 0.717) is 0 Å². The summed E-state index contributed by atoms with van der Waals surface area (Å²) in [6, 6.07) is 40.6. The van der Waals surface area contributed by atoms with Crippen molar-refractivity contribution in [3.05, 3.63) is 226 Å². The lowest BCUT2D eigenvalue weighted by Crippen LogP contribution is -2.26. The van der Waals surface area contributed by atoms with Gasteiger partial charge in [-0.3, -0.25) is 4.99 Å². The van der Waals surface area contributed by atoms with Crippen molar-refractivity contribution >= 4 is 41.8 Å². The molecule has 286 valence electrons. The van der Waals surface area contributed by atoms with Crippen LogP contribution in [0.1, 0.15) is 72.1 Å². The summed E-state index contributed by atoms with van der Waals surface area (Å²) in [5.74, 6) is 0. The van der Waals surface area contributed by atoms with E-state index in [1.54, 1.807) is 6.08 Å². The van der Waals surface area contributed by atoms with E-state index in [4.69, 9.17) is 4.99 Å². The molecular formula is C55H61N. The zero-order valence-electron chi connectivity index (χ0n) is 35.1. The van der Waals surface area contributed by atoms with Gasteiger partial charge in [-0.2, -0.15) is 0 Å². The van der Waals surface area contributed by atoms with Crippen molar-refractivity contribution in [3.8, 4) is 11.1 Å². The Balaban J connectivity index is 0.00000172. The molecule has 5 rings (SSSR count). The van der Waals surface area contributed by atoms with Crippen LogP contribution in [-0.2, 0) is 0 Å². The minimum absolute atomic E-state index is 0.885. The quantitative estimate of drug-likeness (QED) is 0.0812. The molecule has 0 bridgehead atoms. The first-order valence-electron chi connectivity index (χ1n) is 19.4. The molecule has 0 aliphatic heterocycles. The molecule has 0 atom stereocenters. The van der Waals surface area contributed by atoms with Gasteiger partial charge in [0.25, 0.3) is 0 Å².